The maximum atomic E-state index is 12.7. The number of pyridine rings is 1. The highest BCUT2D eigenvalue weighted by Crippen LogP contribution is 2.26. The van der Waals surface area contributed by atoms with Crippen molar-refractivity contribution in [1.82, 2.24) is 29.9 Å². The Morgan fingerprint density at radius 1 is 1.03 bits per heavy atom. The Morgan fingerprint density at radius 2 is 1.80 bits per heavy atom. The monoisotopic (exact) mass is 490 g/mol. The summed E-state index contributed by atoms with van der Waals surface area (Å²) in [6, 6.07) is 11.6. The number of hydrogen-bond donors (Lipinski definition) is 0. The second kappa shape index (κ2) is 10.7. The fourth-order valence-corrected chi connectivity index (χ4v) is 4.79. The zero-order valence-electron chi connectivity index (χ0n) is 19.5. The first kappa shape index (κ1) is 23.1. The summed E-state index contributed by atoms with van der Waals surface area (Å²) >= 11 is 1.65. The van der Waals surface area contributed by atoms with E-state index in [1.165, 1.54) is 0 Å². The Kier molecular flexibility index (Phi) is 7.10. The van der Waals surface area contributed by atoms with E-state index in [0.717, 1.165) is 47.2 Å². The third-order valence-corrected chi connectivity index (χ3v) is 6.90. The molecule has 1 aliphatic rings. The van der Waals surface area contributed by atoms with E-state index in [1.807, 2.05) is 41.3 Å². The number of amides is 1. The van der Waals surface area contributed by atoms with Crippen LogP contribution in [0.5, 0.6) is 5.75 Å². The van der Waals surface area contributed by atoms with Crippen molar-refractivity contribution in [2.75, 3.05) is 33.3 Å². The van der Waals surface area contributed by atoms with E-state index >= 15 is 0 Å². The number of nitrogens with zero attached hydrogens (tertiary/aromatic N) is 6. The van der Waals surface area contributed by atoms with Crippen molar-refractivity contribution in [3.8, 4) is 27.7 Å². The minimum Gasteiger partial charge on any atom is -0.497 e. The molecule has 4 aromatic rings. The molecule has 0 unspecified atom stereocenters. The molecule has 5 rings (SSSR count). The summed E-state index contributed by atoms with van der Waals surface area (Å²) < 4.78 is 10.5. The van der Waals surface area contributed by atoms with Crippen LogP contribution in [0.15, 0.2) is 58.7 Å². The van der Waals surface area contributed by atoms with Crippen LogP contribution >= 0.6 is 11.3 Å². The summed E-state index contributed by atoms with van der Waals surface area (Å²) in [5.74, 6) is 1.94. The van der Waals surface area contributed by atoms with Crippen LogP contribution < -0.4 is 4.74 Å². The molecular weight excluding hydrogens is 464 g/mol. The number of carbonyl (C=O) groups is 1. The second-order valence-electron chi connectivity index (χ2n) is 8.28. The highest BCUT2D eigenvalue weighted by molar-refractivity contribution is 7.13. The average Bonchev–Trinajstić information content (AvgIpc) is 3.58. The molecule has 1 fully saturated rings. The number of piperazine rings is 1. The van der Waals surface area contributed by atoms with Crippen molar-refractivity contribution in [3.05, 3.63) is 65.8 Å². The minimum atomic E-state index is 0.115. The average molecular weight is 491 g/mol. The molecule has 1 saturated heterocycles. The van der Waals surface area contributed by atoms with Gasteiger partial charge >= 0.3 is 0 Å². The molecule has 10 heteroatoms. The van der Waals surface area contributed by atoms with Crippen LogP contribution in [0, 0.1) is 0 Å². The number of ether oxygens (including phenoxy) is 1. The Hall–Kier alpha value is -3.63. The van der Waals surface area contributed by atoms with Crippen LogP contribution in [-0.4, -0.2) is 69.1 Å². The Balaban J connectivity index is 1.08. The molecule has 1 amide bonds. The molecule has 0 atom stereocenters. The van der Waals surface area contributed by atoms with Crippen LogP contribution in [-0.2, 0) is 17.8 Å². The van der Waals surface area contributed by atoms with Gasteiger partial charge in [0.1, 0.15) is 10.8 Å². The largest absolute Gasteiger partial charge is 0.497 e. The molecular formula is C25H26N6O3S. The van der Waals surface area contributed by atoms with Gasteiger partial charge < -0.3 is 14.2 Å². The third kappa shape index (κ3) is 5.72. The highest BCUT2D eigenvalue weighted by Gasteiger charge is 2.22. The zero-order valence-corrected chi connectivity index (χ0v) is 20.3. The normalized spacial score (nSPS) is 14.3. The number of carbonyl (C=O) groups excluding carboxylic acids is 1. The quantitative estimate of drug-likeness (QED) is 0.370. The third-order valence-electron chi connectivity index (χ3n) is 5.96. The summed E-state index contributed by atoms with van der Waals surface area (Å²) in [6.45, 7) is 3.86. The lowest BCUT2D eigenvalue weighted by atomic mass is 10.2. The van der Waals surface area contributed by atoms with Crippen molar-refractivity contribution in [2.24, 2.45) is 0 Å². The van der Waals surface area contributed by atoms with E-state index in [1.54, 1.807) is 30.8 Å². The van der Waals surface area contributed by atoms with Crippen molar-refractivity contribution >= 4 is 17.2 Å². The number of aryl methyl sites for hydroxylation is 1. The van der Waals surface area contributed by atoms with Crippen LogP contribution in [0.3, 0.4) is 0 Å². The first-order valence-electron chi connectivity index (χ1n) is 11.5. The maximum absolute atomic E-state index is 12.7. The van der Waals surface area contributed by atoms with Crippen LogP contribution in [0.1, 0.15) is 18.0 Å². The van der Waals surface area contributed by atoms with Gasteiger partial charge in [0.05, 0.1) is 12.8 Å². The lowest BCUT2D eigenvalue weighted by Crippen LogP contribution is -2.48. The van der Waals surface area contributed by atoms with Gasteiger partial charge in [0, 0.05) is 74.5 Å². The topological polar surface area (TPSA) is 97.5 Å². The molecule has 4 heterocycles. The van der Waals surface area contributed by atoms with Gasteiger partial charge in [-0.1, -0.05) is 5.16 Å². The molecule has 180 valence electrons. The molecule has 9 nitrogen and oxygen atoms in total. The van der Waals surface area contributed by atoms with Gasteiger partial charge in [0.25, 0.3) is 0 Å². The number of hydrogen-bond acceptors (Lipinski definition) is 9. The van der Waals surface area contributed by atoms with Crippen molar-refractivity contribution < 1.29 is 14.1 Å². The fourth-order valence-electron chi connectivity index (χ4n) is 3.98. The summed E-state index contributed by atoms with van der Waals surface area (Å²) in [5.41, 5.74) is 2.99. The molecule has 0 radical (unpaired) electrons. The van der Waals surface area contributed by atoms with Gasteiger partial charge in [-0.2, -0.15) is 4.98 Å². The molecule has 0 aliphatic carbocycles. The molecule has 0 spiro atoms. The van der Waals surface area contributed by atoms with E-state index < -0.39 is 0 Å². The van der Waals surface area contributed by atoms with Crippen molar-refractivity contribution in [1.29, 1.82) is 0 Å². The van der Waals surface area contributed by atoms with Gasteiger partial charge in [-0.3, -0.25) is 14.7 Å². The van der Waals surface area contributed by atoms with Gasteiger partial charge in [-0.15, -0.1) is 11.3 Å². The standard InChI is InChI=1S/C25H26N6O3S/c1-33-21-4-2-19(3-5-21)25-27-20(17-35-25)16-30-12-14-31(15-13-30)23(32)7-6-22-28-24(29-34-22)18-8-10-26-11-9-18/h2-5,8-11,17H,6-7,12-16H2,1H3. The van der Waals surface area contributed by atoms with Gasteiger partial charge in [0.15, 0.2) is 0 Å². The smallest absolute Gasteiger partial charge is 0.227 e. The number of methoxy groups -OCH3 is 1. The van der Waals surface area contributed by atoms with Gasteiger partial charge in [-0.05, 0) is 36.4 Å². The van der Waals surface area contributed by atoms with Crippen molar-refractivity contribution in [3.63, 3.8) is 0 Å². The minimum absolute atomic E-state index is 0.115. The molecule has 35 heavy (non-hydrogen) atoms. The zero-order chi connectivity index (χ0) is 24.0. The summed E-state index contributed by atoms with van der Waals surface area (Å²) in [4.78, 5) is 30.2. The first-order chi connectivity index (χ1) is 17.2. The van der Waals surface area contributed by atoms with E-state index in [-0.39, 0.29) is 5.91 Å². The van der Waals surface area contributed by atoms with Crippen LogP contribution in [0.4, 0.5) is 0 Å². The lowest BCUT2D eigenvalue weighted by Gasteiger charge is -2.34. The second-order valence-corrected chi connectivity index (χ2v) is 9.14. The predicted molar refractivity (Wildman–Crippen MR) is 132 cm³/mol. The maximum Gasteiger partial charge on any atom is 0.227 e. The lowest BCUT2D eigenvalue weighted by molar-refractivity contribution is -0.133. The number of rotatable bonds is 8. The van der Waals surface area contributed by atoms with Gasteiger partial charge in [-0.25, -0.2) is 4.98 Å². The van der Waals surface area contributed by atoms with Crippen LogP contribution in [0.25, 0.3) is 22.0 Å². The number of benzene rings is 1. The van der Waals surface area contributed by atoms with E-state index in [0.29, 0.717) is 37.6 Å². The van der Waals surface area contributed by atoms with Crippen molar-refractivity contribution in [2.45, 2.75) is 19.4 Å². The summed E-state index contributed by atoms with van der Waals surface area (Å²) in [7, 11) is 1.66. The molecule has 1 aromatic carbocycles. The van der Waals surface area contributed by atoms with E-state index in [9.17, 15) is 4.79 Å². The fraction of sp³-hybridized carbons (Fsp3) is 0.320. The highest BCUT2D eigenvalue weighted by atomic mass is 32.1. The Labute approximate surface area is 207 Å². The van der Waals surface area contributed by atoms with E-state index in [2.05, 4.69) is 25.4 Å². The predicted octanol–water partition coefficient (Wildman–Crippen LogP) is 3.54. The SMILES string of the molecule is COc1ccc(-c2nc(CN3CCN(C(=O)CCc4nc(-c5ccncc5)no4)CC3)cs2)cc1. The van der Waals surface area contributed by atoms with E-state index in [4.69, 9.17) is 14.2 Å². The molecule has 0 bridgehead atoms. The number of thiazole rings is 1. The summed E-state index contributed by atoms with van der Waals surface area (Å²) in [5, 5.41) is 7.12. The molecule has 3 aromatic heterocycles. The van der Waals surface area contributed by atoms with Crippen LogP contribution in [0.2, 0.25) is 0 Å². The van der Waals surface area contributed by atoms with Gasteiger partial charge in [0.2, 0.25) is 17.6 Å². The molecule has 0 N–H and O–H groups in total. The Bertz CT molecular complexity index is 1250. The molecule has 0 saturated carbocycles. The Morgan fingerprint density at radius 3 is 2.54 bits per heavy atom. The first-order valence-corrected chi connectivity index (χ1v) is 12.4. The number of aromatic nitrogens is 4. The summed E-state index contributed by atoms with van der Waals surface area (Å²) in [6.07, 6.45) is 4.16. The molecule has 1 aliphatic heterocycles.